The number of carboxylic acid groups (broad SMARTS) is 1. The fourth-order valence-electron chi connectivity index (χ4n) is 2.51. The second-order valence-corrected chi connectivity index (χ2v) is 4.83. The van der Waals surface area contributed by atoms with Gasteiger partial charge >= 0.3 is 5.97 Å². The van der Waals surface area contributed by atoms with E-state index in [4.69, 9.17) is 9.84 Å². The summed E-state index contributed by atoms with van der Waals surface area (Å²) in [6.45, 7) is 1.37. The third-order valence-electron chi connectivity index (χ3n) is 3.68. The maximum absolute atomic E-state index is 10.8. The lowest BCUT2D eigenvalue weighted by Gasteiger charge is -2.14. The molecule has 1 aliphatic heterocycles. The normalized spacial score (nSPS) is 20.5. The van der Waals surface area contributed by atoms with E-state index in [9.17, 15) is 4.79 Å². The van der Waals surface area contributed by atoms with Gasteiger partial charge in [-0.05, 0) is 29.5 Å². The van der Waals surface area contributed by atoms with E-state index in [2.05, 4.69) is 18.2 Å². The molecule has 0 aromatic heterocycles. The van der Waals surface area contributed by atoms with Gasteiger partial charge in [-0.1, -0.05) is 18.2 Å². The Morgan fingerprint density at radius 3 is 2.75 bits per heavy atom. The van der Waals surface area contributed by atoms with Gasteiger partial charge in [0.15, 0.2) is 0 Å². The largest absolute Gasteiger partial charge is 0.481 e. The van der Waals surface area contributed by atoms with E-state index in [1.54, 1.807) is 0 Å². The number of carboxylic acids is 1. The van der Waals surface area contributed by atoms with E-state index in [-0.39, 0.29) is 11.8 Å². The van der Waals surface area contributed by atoms with Crippen LogP contribution < -0.4 is 0 Å². The van der Waals surface area contributed by atoms with Crippen LogP contribution in [0.15, 0.2) is 18.2 Å². The molecule has 84 valence electrons. The van der Waals surface area contributed by atoms with Gasteiger partial charge in [0.05, 0.1) is 19.6 Å². The zero-order chi connectivity index (χ0) is 11.2. The maximum atomic E-state index is 10.8. The minimum atomic E-state index is -0.700. The van der Waals surface area contributed by atoms with E-state index in [1.807, 2.05) is 0 Å². The molecular weight excluding hydrogens is 204 g/mol. The summed E-state index contributed by atoms with van der Waals surface area (Å²) >= 11 is 0. The summed E-state index contributed by atoms with van der Waals surface area (Å²) in [4.78, 5) is 10.8. The number of carbonyl (C=O) groups is 1. The fourth-order valence-corrected chi connectivity index (χ4v) is 2.51. The predicted octanol–water partition coefficient (Wildman–Crippen LogP) is 2.22. The summed E-state index contributed by atoms with van der Waals surface area (Å²) in [5, 5.41) is 8.92. The van der Waals surface area contributed by atoms with Crippen LogP contribution in [0.5, 0.6) is 0 Å². The van der Waals surface area contributed by atoms with Crippen molar-refractivity contribution in [1.29, 1.82) is 0 Å². The average Bonchev–Trinajstić information content (AvgIpc) is 2.87. The number of benzene rings is 1. The van der Waals surface area contributed by atoms with Crippen molar-refractivity contribution >= 4 is 5.97 Å². The van der Waals surface area contributed by atoms with Crippen molar-refractivity contribution in [2.75, 3.05) is 0 Å². The standard InChI is InChI=1S/C13H14O3/c14-12(15)6-13(3-4-13)11-2-1-9-7-16-8-10(9)5-11/h1-2,5H,3-4,6-8H2,(H,14,15). The number of rotatable bonds is 3. The molecule has 0 saturated heterocycles. The zero-order valence-corrected chi connectivity index (χ0v) is 9.03. The van der Waals surface area contributed by atoms with Gasteiger partial charge in [0.1, 0.15) is 0 Å². The quantitative estimate of drug-likeness (QED) is 0.846. The van der Waals surface area contributed by atoms with Gasteiger partial charge in [-0.25, -0.2) is 0 Å². The first-order chi connectivity index (χ1) is 7.70. The Labute approximate surface area is 94.0 Å². The first-order valence-corrected chi connectivity index (χ1v) is 5.61. The Morgan fingerprint density at radius 1 is 1.31 bits per heavy atom. The van der Waals surface area contributed by atoms with Crippen LogP contribution in [0.25, 0.3) is 0 Å². The molecule has 1 saturated carbocycles. The Morgan fingerprint density at radius 2 is 2.06 bits per heavy atom. The molecule has 0 spiro atoms. The van der Waals surface area contributed by atoms with Crippen molar-refractivity contribution in [3.05, 3.63) is 34.9 Å². The number of hydrogen-bond acceptors (Lipinski definition) is 2. The van der Waals surface area contributed by atoms with Crippen molar-refractivity contribution in [2.45, 2.75) is 37.9 Å². The van der Waals surface area contributed by atoms with E-state index in [0.717, 1.165) is 12.8 Å². The molecule has 16 heavy (non-hydrogen) atoms. The molecule has 0 radical (unpaired) electrons. The van der Waals surface area contributed by atoms with Gasteiger partial charge in [-0.3, -0.25) is 4.79 Å². The molecule has 1 aliphatic carbocycles. The van der Waals surface area contributed by atoms with E-state index < -0.39 is 5.97 Å². The first-order valence-electron chi connectivity index (χ1n) is 5.61. The van der Waals surface area contributed by atoms with E-state index in [1.165, 1.54) is 16.7 Å². The molecule has 1 aromatic rings. The molecule has 0 unspecified atom stereocenters. The number of ether oxygens (including phenoxy) is 1. The van der Waals surface area contributed by atoms with Crippen LogP contribution in [-0.4, -0.2) is 11.1 Å². The molecule has 0 bridgehead atoms. The predicted molar refractivity (Wildman–Crippen MR) is 58.1 cm³/mol. The molecule has 3 nitrogen and oxygen atoms in total. The maximum Gasteiger partial charge on any atom is 0.304 e. The molecule has 3 heteroatoms. The topological polar surface area (TPSA) is 46.5 Å². The summed E-state index contributed by atoms with van der Waals surface area (Å²) in [6, 6.07) is 6.29. The lowest BCUT2D eigenvalue weighted by molar-refractivity contribution is -0.137. The van der Waals surface area contributed by atoms with Crippen LogP contribution in [0.4, 0.5) is 0 Å². The van der Waals surface area contributed by atoms with E-state index >= 15 is 0 Å². The SMILES string of the molecule is O=C(O)CC1(c2ccc3c(c2)COC3)CC1. The summed E-state index contributed by atoms with van der Waals surface area (Å²) in [7, 11) is 0. The van der Waals surface area contributed by atoms with Crippen molar-refractivity contribution in [1.82, 2.24) is 0 Å². The molecule has 1 heterocycles. The fraction of sp³-hybridized carbons (Fsp3) is 0.462. The Kier molecular flexibility index (Phi) is 2.04. The summed E-state index contributed by atoms with van der Waals surface area (Å²) in [5.74, 6) is -0.700. The number of hydrogen-bond donors (Lipinski definition) is 1. The highest BCUT2D eigenvalue weighted by Gasteiger charge is 2.46. The Hall–Kier alpha value is -1.35. The van der Waals surface area contributed by atoms with Crippen molar-refractivity contribution in [2.24, 2.45) is 0 Å². The molecular formula is C13H14O3. The third kappa shape index (κ3) is 1.52. The Balaban J connectivity index is 1.92. The van der Waals surface area contributed by atoms with Gasteiger partial charge < -0.3 is 9.84 Å². The molecule has 1 N–H and O–H groups in total. The first kappa shape index (κ1) is 9.85. The highest BCUT2D eigenvalue weighted by molar-refractivity contribution is 5.70. The van der Waals surface area contributed by atoms with Gasteiger partial charge in [0.2, 0.25) is 0 Å². The van der Waals surface area contributed by atoms with Crippen LogP contribution in [0.3, 0.4) is 0 Å². The van der Waals surface area contributed by atoms with Crippen LogP contribution >= 0.6 is 0 Å². The summed E-state index contributed by atoms with van der Waals surface area (Å²) in [6.07, 6.45) is 2.25. The van der Waals surface area contributed by atoms with Crippen LogP contribution in [0.2, 0.25) is 0 Å². The molecule has 1 aromatic carbocycles. The summed E-state index contributed by atoms with van der Waals surface area (Å²) in [5.41, 5.74) is 3.58. The van der Waals surface area contributed by atoms with Crippen molar-refractivity contribution in [3.8, 4) is 0 Å². The zero-order valence-electron chi connectivity index (χ0n) is 9.03. The molecule has 1 fully saturated rings. The summed E-state index contributed by atoms with van der Waals surface area (Å²) < 4.78 is 5.37. The molecule has 3 rings (SSSR count). The second-order valence-electron chi connectivity index (χ2n) is 4.83. The average molecular weight is 218 g/mol. The highest BCUT2D eigenvalue weighted by Crippen LogP contribution is 2.51. The number of fused-ring (bicyclic) bond motifs is 1. The minimum absolute atomic E-state index is 0.0799. The lowest BCUT2D eigenvalue weighted by atomic mass is 9.90. The van der Waals surface area contributed by atoms with Gasteiger partial charge in [0.25, 0.3) is 0 Å². The third-order valence-corrected chi connectivity index (χ3v) is 3.68. The van der Waals surface area contributed by atoms with E-state index in [0.29, 0.717) is 13.2 Å². The van der Waals surface area contributed by atoms with Gasteiger partial charge in [-0.2, -0.15) is 0 Å². The van der Waals surface area contributed by atoms with Gasteiger partial charge in [0, 0.05) is 5.41 Å². The van der Waals surface area contributed by atoms with Crippen molar-refractivity contribution in [3.63, 3.8) is 0 Å². The number of aliphatic carboxylic acids is 1. The van der Waals surface area contributed by atoms with Crippen LogP contribution in [0, 0.1) is 0 Å². The monoisotopic (exact) mass is 218 g/mol. The van der Waals surface area contributed by atoms with Crippen molar-refractivity contribution < 1.29 is 14.6 Å². The molecule has 0 amide bonds. The molecule has 0 atom stereocenters. The smallest absolute Gasteiger partial charge is 0.304 e. The minimum Gasteiger partial charge on any atom is -0.481 e. The second kappa shape index (κ2) is 3.32. The highest BCUT2D eigenvalue weighted by atomic mass is 16.5. The Bertz CT molecular complexity index is 446. The van der Waals surface area contributed by atoms with Crippen LogP contribution in [-0.2, 0) is 28.2 Å². The lowest BCUT2D eigenvalue weighted by Crippen LogP contribution is -2.13. The van der Waals surface area contributed by atoms with Crippen LogP contribution in [0.1, 0.15) is 36.0 Å². The van der Waals surface area contributed by atoms with Gasteiger partial charge in [-0.15, -0.1) is 0 Å². The molecule has 2 aliphatic rings.